The molecule has 0 aromatic heterocycles. The Kier molecular flexibility index (Phi) is 12.8. The monoisotopic (exact) mass is 217 g/mol. The van der Waals surface area contributed by atoms with Crippen molar-refractivity contribution in [3.63, 3.8) is 0 Å². The van der Waals surface area contributed by atoms with E-state index >= 15 is 0 Å². The maximum absolute atomic E-state index is 10.1. The van der Waals surface area contributed by atoms with Gasteiger partial charge in [-0.25, -0.2) is 4.79 Å². The van der Waals surface area contributed by atoms with Crippen molar-refractivity contribution in [2.24, 2.45) is 0 Å². The third kappa shape index (κ3) is 10.8. The molecule has 0 fully saturated rings. The lowest BCUT2D eigenvalue weighted by Gasteiger charge is -1.95. The van der Waals surface area contributed by atoms with E-state index in [1.54, 1.807) is 0 Å². The summed E-state index contributed by atoms with van der Waals surface area (Å²) < 4.78 is 4.24. The molecule has 0 unspecified atom stereocenters. The Hall–Kier alpha value is -1.22. The third-order valence-electron chi connectivity index (χ3n) is 1.17. The molecule has 0 aliphatic heterocycles. The summed E-state index contributed by atoms with van der Waals surface area (Å²) in [4.78, 5) is 10.1. The van der Waals surface area contributed by atoms with Gasteiger partial charge in [-0.1, -0.05) is 36.4 Å². The summed E-state index contributed by atoms with van der Waals surface area (Å²) in [7, 11) is 1.34. The minimum atomic E-state index is -0.373. The van der Waals surface area contributed by atoms with E-state index in [9.17, 15) is 4.79 Å². The Balaban J connectivity index is 0. The Morgan fingerprint density at radius 3 is 1.64 bits per heavy atom. The van der Waals surface area contributed by atoms with E-state index in [1.165, 1.54) is 7.11 Å². The van der Waals surface area contributed by atoms with Crippen molar-refractivity contribution in [3.8, 4) is 0 Å². The van der Waals surface area contributed by atoms with Gasteiger partial charge in [0.25, 0.3) is 0 Å². The van der Waals surface area contributed by atoms with Crippen LogP contribution in [0.3, 0.4) is 0 Å². The molecule has 0 saturated heterocycles. The summed E-state index contributed by atoms with van der Waals surface area (Å²) in [6, 6.07) is 12.0. The molecule has 0 radical (unpaired) electrons. The predicted octanol–water partition coefficient (Wildman–Crippen LogP) is 2.47. The van der Waals surface area contributed by atoms with Crippen LogP contribution in [0.15, 0.2) is 36.4 Å². The molecule has 4 heteroatoms. The van der Waals surface area contributed by atoms with Crippen LogP contribution in [0, 0.1) is 0 Å². The summed E-state index contributed by atoms with van der Waals surface area (Å²) in [5.74, 6) is 0. The van der Waals surface area contributed by atoms with Gasteiger partial charge in [-0.3, -0.25) is 0 Å². The fourth-order valence-corrected chi connectivity index (χ4v) is 0.601. The van der Waals surface area contributed by atoms with Gasteiger partial charge in [0.05, 0.1) is 7.11 Å². The van der Waals surface area contributed by atoms with Gasteiger partial charge < -0.3 is 10.1 Å². The van der Waals surface area contributed by atoms with Crippen molar-refractivity contribution in [2.75, 3.05) is 13.7 Å². The number of carbonyl (C=O) groups is 1. The largest absolute Gasteiger partial charge is 0.453 e. The highest BCUT2D eigenvalue weighted by atomic mass is 35.5. The zero-order chi connectivity index (χ0) is 9.94. The number of rotatable bonds is 1. The molecule has 0 atom stereocenters. The molecular weight excluding hydrogens is 202 g/mol. The molecule has 1 rings (SSSR count). The van der Waals surface area contributed by atoms with Crippen LogP contribution in [0.1, 0.15) is 6.92 Å². The first-order valence-electron chi connectivity index (χ1n) is 4.13. The Morgan fingerprint density at radius 2 is 1.50 bits per heavy atom. The normalized spacial score (nSPS) is 7.29. The van der Waals surface area contributed by atoms with Crippen molar-refractivity contribution in [1.29, 1.82) is 0 Å². The van der Waals surface area contributed by atoms with Crippen LogP contribution in [0.5, 0.6) is 0 Å². The van der Waals surface area contributed by atoms with E-state index in [4.69, 9.17) is 0 Å². The number of alkyl carbamates (subject to hydrolysis) is 1. The summed E-state index contributed by atoms with van der Waals surface area (Å²) in [6.45, 7) is 2.45. The topological polar surface area (TPSA) is 38.3 Å². The second-order valence-electron chi connectivity index (χ2n) is 2.18. The van der Waals surface area contributed by atoms with Gasteiger partial charge in [-0.15, -0.1) is 12.4 Å². The summed E-state index contributed by atoms with van der Waals surface area (Å²) in [5.41, 5.74) is 0. The fourth-order valence-electron chi connectivity index (χ4n) is 0.601. The molecule has 80 valence electrons. The van der Waals surface area contributed by atoms with E-state index < -0.39 is 0 Å². The third-order valence-corrected chi connectivity index (χ3v) is 1.17. The van der Waals surface area contributed by atoms with Gasteiger partial charge in [-0.2, -0.15) is 0 Å². The van der Waals surface area contributed by atoms with Crippen molar-refractivity contribution < 1.29 is 9.53 Å². The molecule has 1 aromatic carbocycles. The molecule has 0 aliphatic carbocycles. The highest BCUT2D eigenvalue weighted by Gasteiger charge is 1.89. The molecule has 1 aromatic rings. The van der Waals surface area contributed by atoms with Crippen LogP contribution in [0.2, 0.25) is 0 Å². The smallest absolute Gasteiger partial charge is 0.406 e. The number of nitrogens with one attached hydrogen (secondary N) is 1. The summed E-state index contributed by atoms with van der Waals surface area (Å²) in [5, 5.41) is 2.43. The zero-order valence-corrected chi connectivity index (χ0v) is 9.21. The number of carbonyl (C=O) groups excluding carboxylic acids is 1. The molecule has 0 aliphatic rings. The SMILES string of the molecule is CCNC(=O)OC.Cl.c1ccccc1. The summed E-state index contributed by atoms with van der Waals surface area (Å²) >= 11 is 0. The molecule has 3 nitrogen and oxygen atoms in total. The van der Waals surface area contributed by atoms with Crippen LogP contribution in [0.25, 0.3) is 0 Å². The number of methoxy groups -OCH3 is 1. The first-order valence-corrected chi connectivity index (χ1v) is 4.13. The number of hydrogen-bond acceptors (Lipinski definition) is 2. The number of hydrogen-bond donors (Lipinski definition) is 1. The van der Waals surface area contributed by atoms with Crippen LogP contribution >= 0.6 is 12.4 Å². The van der Waals surface area contributed by atoms with Gasteiger partial charge in [0.1, 0.15) is 0 Å². The van der Waals surface area contributed by atoms with Crippen molar-refractivity contribution in [2.45, 2.75) is 6.92 Å². The molecule has 1 amide bonds. The van der Waals surface area contributed by atoms with Gasteiger partial charge in [0.15, 0.2) is 0 Å². The molecule has 1 N–H and O–H groups in total. The average Bonchev–Trinajstić information content (AvgIpc) is 2.22. The van der Waals surface area contributed by atoms with Crippen LogP contribution < -0.4 is 5.32 Å². The number of benzene rings is 1. The van der Waals surface area contributed by atoms with Crippen molar-refractivity contribution in [3.05, 3.63) is 36.4 Å². The lowest BCUT2D eigenvalue weighted by atomic mass is 10.4. The highest BCUT2D eigenvalue weighted by Crippen LogP contribution is 1.79. The van der Waals surface area contributed by atoms with E-state index in [1.807, 2.05) is 43.3 Å². The highest BCUT2D eigenvalue weighted by molar-refractivity contribution is 5.85. The Bertz CT molecular complexity index is 190. The van der Waals surface area contributed by atoms with E-state index in [0.29, 0.717) is 6.54 Å². The first-order chi connectivity index (χ1) is 6.31. The average molecular weight is 218 g/mol. The molecule has 0 bridgehead atoms. The molecule has 0 heterocycles. The molecular formula is C10H16ClNO2. The maximum Gasteiger partial charge on any atom is 0.406 e. The fraction of sp³-hybridized carbons (Fsp3) is 0.300. The Morgan fingerprint density at radius 1 is 1.14 bits per heavy atom. The second kappa shape index (κ2) is 11.8. The van der Waals surface area contributed by atoms with Crippen molar-refractivity contribution in [1.82, 2.24) is 5.32 Å². The quantitative estimate of drug-likeness (QED) is 0.785. The van der Waals surface area contributed by atoms with Gasteiger partial charge >= 0.3 is 6.09 Å². The van der Waals surface area contributed by atoms with Crippen molar-refractivity contribution >= 4 is 18.5 Å². The standard InChI is InChI=1S/C6H6.C4H9NO2.ClH/c1-2-4-6-5-3-1;1-3-5-4(6)7-2;/h1-6H;3H2,1-2H3,(H,5,6);1H. The molecule has 0 spiro atoms. The maximum atomic E-state index is 10.1. The number of ether oxygens (including phenoxy) is 1. The van der Waals surface area contributed by atoms with Gasteiger partial charge in [0.2, 0.25) is 0 Å². The molecule has 0 saturated carbocycles. The molecule has 14 heavy (non-hydrogen) atoms. The minimum absolute atomic E-state index is 0. The summed E-state index contributed by atoms with van der Waals surface area (Å²) in [6.07, 6.45) is -0.373. The van der Waals surface area contributed by atoms with Gasteiger partial charge in [0, 0.05) is 6.54 Å². The van der Waals surface area contributed by atoms with E-state index in [-0.39, 0.29) is 18.5 Å². The van der Waals surface area contributed by atoms with E-state index in [2.05, 4.69) is 10.1 Å². The number of halogens is 1. The lowest BCUT2D eigenvalue weighted by Crippen LogP contribution is -2.21. The predicted molar refractivity (Wildman–Crippen MR) is 59.8 cm³/mol. The minimum Gasteiger partial charge on any atom is -0.453 e. The Labute approximate surface area is 90.9 Å². The second-order valence-corrected chi connectivity index (χ2v) is 2.18. The lowest BCUT2D eigenvalue weighted by molar-refractivity contribution is 0.171. The van der Waals surface area contributed by atoms with Gasteiger partial charge in [-0.05, 0) is 6.92 Å². The van der Waals surface area contributed by atoms with Crippen LogP contribution in [-0.2, 0) is 4.74 Å². The van der Waals surface area contributed by atoms with Crippen LogP contribution in [-0.4, -0.2) is 19.7 Å². The number of amides is 1. The zero-order valence-electron chi connectivity index (χ0n) is 8.40. The first kappa shape index (κ1) is 15.3. The van der Waals surface area contributed by atoms with Crippen LogP contribution in [0.4, 0.5) is 4.79 Å². The van der Waals surface area contributed by atoms with E-state index in [0.717, 1.165) is 0 Å².